The van der Waals surface area contributed by atoms with E-state index in [9.17, 15) is 4.79 Å². The van der Waals surface area contributed by atoms with Gasteiger partial charge in [-0.3, -0.25) is 4.79 Å². The third-order valence-corrected chi connectivity index (χ3v) is 3.65. The van der Waals surface area contributed by atoms with Crippen molar-refractivity contribution in [2.45, 2.75) is 31.8 Å². The smallest absolute Gasteiger partial charge is 0.223 e. The van der Waals surface area contributed by atoms with Gasteiger partial charge < -0.3 is 9.64 Å². The lowest BCUT2D eigenvalue weighted by Crippen LogP contribution is -2.45. The number of amides is 1. The highest BCUT2D eigenvalue weighted by atomic mass is 16.5. The number of aryl methyl sites for hydroxylation is 1. The second-order valence-corrected chi connectivity index (χ2v) is 5.18. The summed E-state index contributed by atoms with van der Waals surface area (Å²) in [5, 5.41) is 0. The van der Waals surface area contributed by atoms with Crippen molar-refractivity contribution in [2.75, 3.05) is 19.7 Å². The van der Waals surface area contributed by atoms with E-state index in [4.69, 9.17) is 4.74 Å². The third kappa shape index (κ3) is 4.49. The molecule has 2 rings (SSSR count). The largest absolute Gasteiger partial charge is 0.375 e. The number of carbonyl (C=O) groups is 1. The SMILES string of the molecule is C=CCCC(=O)N1CCOC(CCc2ccccc2)C1. The summed E-state index contributed by atoms with van der Waals surface area (Å²) < 4.78 is 5.77. The molecule has 0 aliphatic carbocycles. The fourth-order valence-corrected chi connectivity index (χ4v) is 2.48. The van der Waals surface area contributed by atoms with Crippen LogP contribution >= 0.6 is 0 Å². The molecule has 1 atom stereocenters. The van der Waals surface area contributed by atoms with E-state index in [2.05, 4.69) is 30.8 Å². The van der Waals surface area contributed by atoms with E-state index in [0.29, 0.717) is 13.0 Å². The number of allylic oxidation sites excluding steroid dienone is 1. The average Bonchev–Trinajstić information content (AvgIpc) is 2.52. The van der Waals surface area contributed by atoms with Crippen LogP contribution in [0.3, 0.4) is 0 Å². The van der Waals surface area contributed by atoms with Gasteiger partial charge in [0.25, 0.3) is 0 Å². The maximum atomic E-state index is 12.0. The fourth-order valence-electron chi connectivity index (χ4n) is 2.48. The zero-order chi connectivity index (χ0) is 14.2. The number of nitrogens with zero attached hydrogens (tertiary/aromatic N) is 1. The van der Waals surface area contributed by atoms with Crippen LogP contribution < -0.4 is 0 Å². The molecule has 3 nitrogen and oxygen atoms in total. The number of hydrogen-bond acceptors (Lipinski definition) is 2. The topological polar surface area (TPSA) is 29.5 Å². The van der Waals surface area contributed by atoms with Crippen molar-refractivity contribution in [3.8, 4) is 0 Å². The molecule has 1 heterocycles. The zero-order valence-electron chi connectivity index (χ0n) is 12.0. The van der Waals surface area contributed by atoms with Gasteiger partial charge in [-0.25, -0.2) is 0 Å². The van der Waals surface area contributed by atoms with Crippen molar-refractivity contribution in [3.05, 3.63) is 48.6 Å². The Morgan fingerprint density at radius 3 is 2.95 bits per heavy atom. The standard InChI is InChI=1S/C17H23NO2/c1-2-3-9-17(19)18-12-13-20-16(14-18)11-10-15-7-5-4-6-8-15/h2,4-8,16H,1,3,9-14H2. The lowest BCUT2D eigenvalue weighted by Gasteiger charge is -2.33. The molecule has 0 radical (unpaired) electrons. The molecule has 0 N–H and O–H groups in total. The first kappa shape index (κ1) is 14.8. The summed E-state index contributed by atoms with van der Waals surface area (Å²) in [6, 6.07) is 10.4. The molecule has 108 valence electrons. The molecular weight excluding hydrogens is 250 g/mol. The molecule has 1 aliphatic rings. The molecule has 0 spiro atoms. The van der Waals surface area contributed by atoms with Crippen LogP contribution in [-0.2, 0) is 16.0 Å². The Balaban J connectivity index is 1.78. The van der Waals surface area contributed by atoms with E-state index in [1.807, 2.05) is 11.0 Å². The maximum absolute atomic E-state index is 12.0. The van der Waals surface area contributed by atoms with Gasteiger partial charge in [0.1, 0.15) is 0 Å². The fraction of sp³-hybridized carbons (Fsp3) is 0.471. The summed E-state index contributed by atoms with van der Waals surface area (Å²) in [5.74, 6) is 0.220. The lowest BCUT2D eigenvalue weighted by molar-refractivity contribution is -0.138. The van der Waals surface area contributed by atoms with E-state index in [1.165, 1.54) is 5.56 Å². The molecular formula is C17H23NO2. The van der Waals surface area contributed by atoms with E-state index in [0.717, 1.165) is 32.4 Å². The number of carbonyl (C=O) groups excluding carboxylic acids is 1. The minimum atomic E-state index is 0.164. The highest BCUT2D eigenvalue weighted by Gasteiger charge is 2.23. The van der Waals surface area contributed by atoms with Crippen molar-refractivity contribution in [1.82, 2.24) is 4.90 Å². The normalized spacial score (nSPS) is 18.8. The summed E-state index contributed by atoms with van der Waals surface area (Å²) >= 11 is 0. The van der Waals surface area contributed by atoms with Gasteiger partial charge in [-0.2, -0.15) is 0 Å². The van der Waals surface area contributed by atoms with Crippen molar-refractivity contribution in [1.29, 1.82) is 0 Å². The lowest BCUT2D eigenvalue weighted by atomic mass is 10.1. The second-order valence-electron chi connectivity index (χ2n) is 5.18. The van der Waals surface area contributed by atoms with Gasteiger partial charge in [-0.15, -0.1) is 6.58 Å². The quantitative estimate of drug-likeness (QED) is 0.746. The van der Waals surface area contributed by atoms with Crippen LogP contribution in [0.15, 0.2) is 43.0 Å². The van der Waals surface area contributed by atoms with Gasteiger partial charge >= 0.3 is 0 Å². The Hall–Kier alpha value is -1.61. The third-order valence-electron chi connectivity index (χ3n) is 3.65. The Bertz CT molecular complexity index is 430. The molecule has 1 unspecified atom stereocenters. The number of benzene rings is 1. The van der Waals surface area contributed by atoms with E-state index in [1.54, 1.807) is 6.08 Å². The van der Waals surface area contributed by atoms with E-state index >= 15 is 0 Å². The molecule has 0 saturated carbocycles. The Labute approximate surface area is 121 Å². The number of ether oxygens (including phenoxy) is 1. The first-order valence-electron chi connectivity index (χ1n) is 7.34. The summed E-state index contributed by atoms with van der Waals surface area (Å²) in [6.45, 7) is 5.76. The molecule has 0 aromatic heterocycles. The van der Waals surface area contributed by atoms with Crippen molar-refractivity contribution in [3.63, 3.8) is 0 Å². The minimum absolute atomic E-state index is 0.164. The van der Waals surface area contributed by atoms with Crippen molar-refractivity contribution < 1.29 is 9.53 Å². The highest BCUT2D eigenvalue weighted by molar-refractivity contribution is 5.76. The number of hydrogen-bond donors (Lipinski definition) is 0. The number of morpholine rings is 1. The molecule has 1 amide bonds. The van der Waals surface area contributed by atoms with Gasteiger partial charge in [0.15, 0.2) is 0 Å². The molecule has 1 saturated heterocycles. The van der Waals surface area contributed by atoms with Crippen LogP contribution in [0.4, 0.5) is 0 Å². The molecule has 1 fully saturated rings. The number of rotatable bonds is 6. The Morgan fingerprint density at radius 2 is 2.20 bits per heavy atom. The highest BCUT2D eigenvalue weighted by Crippen LogP contribution is 2.13. The van der Waals surface area contributed by atoms with Gasteiger partial charge in [-0.1, -0.05) is 36.4 Å². The summed E-state index contributed by atoms with van der Waals surface area (Å²) in [6.07, 6.45) is 5.25. The van der Waals surface area contributed by atoms with Crippen LogP contribution in [0.2, 0.25) is 0 Å². The average molecular weight is 273 g/mol. The van der Waals surface area contributed by atoms with E-state index in [-0.39, 0.29) is 12.0 Å². The summed E-state index contributed by atoms with van der Waals surface area (Å²) in [5.41, 5.74) is 1.33. The Morgan fingerprint density at radius 1 is 1.40 bits per heavy atom. The molecule has 3 heteroatoms. The van der Waals surface area contributed by atoms with Gasteiger partial charge in [0.2, 0.25) is 5.91 Å². The maximum Gasteiger partial charge on any atom is 0.223 e. The van der Waals surface area contributed by atoms with Crippen LogP contribution in [-0.4, -0.2) is 36.6 Å². The predicted octanol–water partition coefficient (Wildman–Crippen LogP) is 2.81. The van der Waals surface area contributed by atoms with Crippen LogP contribution in [0.25, 0.3) is 0 Å². The molecule has 1 aromatic carbocycles. The van der Waals surface area contributed by atoms with E-state index < -0.39 is 0 Å². The molecule has 20 heavy (non-hydrogen) atoms. The first-order valence-corrected chi connectivity index (χ1v) is 7.34. The van der Waals surface area contributed by atoms with Crippen LogP contribution in [0.5, 0.6) is 0 Å². The summed E-state index contributed by atoms with van der Waals surface area (Å²) in [7, 11) is 0. The first-order chi connectivity index (χ1) is 9.79. The molecule has 1 aromatic rings. The monoisotopic (exact) mass is 273 g/mol. The summed E-state index contributed by atoms with van der Waals surface area (Å²) in [4.78, 5) is 13.9. The zero-order valence-corrected chi connectivity index (χ0v) is 12.0. The van der Waals surface area contributed by atoms with Crippen molar-refractivity contribution in [2.24, 2.45) is 0 Å². The van der Waals surface area contributed by atoms with Crippen molar-refractivity contribution >= 4 is 5.91 Å². The molecule has 1 aliphatic heterocycles. The van der Waals surface area contributed by atoms with Gasteiger partial charge in [-0.05, 0) is 24.8 Å². The van der Waals surface area contributed by atoms with Gasteiger partial charge in [0, 0.05) is 19.5 Å². The predicted molar refractivity (Wildman–Crippen MR) is 80.5 cm³/mol. The minimum Gasteiger partial charge on any atom is -0.375 e. The second kappa shape index (κ2) is 7.85. The molecule has 0 bridgehead atoms. The van der Waals surface area contributed by atoms with Crippen LogP contribution in [0.1, 0.15) is 24.8 Å². The Kier molecular flexibility index (Phi) is 5.81. The van der Waals surface area contributed by atoms with Crippen LogP contribution in [0, 0.1) is 0 Å². The van der Waals surface area contributed by atoms with Gasteiger partial charge in [0.05, 0.1) is 12.7 Å².